The second-order valence-electron chi connectivity index (χ2n) is 2.95. The Labute approximate surface area is 70.3 Å². The van der Waals surface area contributed by atoms with Gasteiger partial charge in [0.05, 0.1) is 6.34 Å². The molecule has 0 fully saturated rings. The Bertz CT molecular complexity index is 108. The molecule has 11 heavy (non-hydrogen) atoms. The van der Waals surface area contributed by atoms with Crippen molar-refractivity contribution in [3.05, 3.63) is 0 Å². The lowest BCUT2D eigenvalue weighted by Crippen LogP contribution is -2.30. The molecule has 0 amide bonds. The van der Waals surface area contributed by atoms with Crippen LogP contribution in [0.25, 0.3) is 0 Å². The normalized spacial score (nSPS) is 11.4. The lowest BCUT2D eigenvalue weighted by molar-refractivity contribution is 0.359. The first-order valence-corrected chi connectivity index (χ1v) is 4.48. The van der Waals surface area contributed by atoms with Gasteiger partial charge in [0.2, 0.25) is 0 Å². The Morgan fingerprint density at radius 3 is 2.36 bits per heavy atom. The first kappa shape index (κ1) is 10.5. The van der Waals surface area contributed by atoms with Crippen molar-refractivity contribution in [2.45, 2.75) is 40.2 Å². The van der Waals surface area contributed by atoms with Gasteiger partial charge in [0.25, 0.3) is 0 Å². The third kappa shape index (κ3) is 4.82. The molecular formula is C9H20N2. The first-order chi connectivity index (χ1) is 5.22. The van der Waals surface area contributed by atoms with Crippen LogP contribution in [0.2, 0.25) is 0 Å². The van der Waals surface area contributed by atoms with Crippen molar-refractivity contribution >= 4 is 6.34 Å². The summed E-state index contributed by atoms with van der Waals surface area (Å²) in [5, 5.41) is 0. The van der Waals surface area contributed by atoms with Crippen molar-refractivity contribution in [1.29, 1.82) is 0 Å². The van der Waals surface area contributed by atoms with E-state index in [1.165, 1.54) is 6.42 Å². The van der Waals surface area contributed by atoms with Gasteiger partial charge in [0.1, 0.15) is 0 Å². The van der Waals surface area contributed by atoms with E-state index in [9.17, 15) is 0 Å². The highest BCUT2D eigenvalue weighted by Crippen LogP contribution is 1.95. The summed E-state index contributed by atoms with van der Waals surface area (Å²) in [4.78, 5) is 6.48. The summed E-state index contributed by atoms with van der Waals surface area (Å²) in [7, 11) is 0. The molecule has 0 saturated carbocycles. The van der Waals surface area contributed by atoms with E-state index in [1.807, 2.05) is 6.34 Å². The number of hydrogen-bond donors (Lipinski definition) is 0. The molecule has 0 heterocycles. The Balaban J connectivity index is 3.78. The molecule has 0 radical (unpaired) electrons. The van der Waals surface area contributed by atoms with E-state index in [0.717, 1.165) is 13.1 Å². The molecule has 0 aliphatic carbocycles. The predicted molar refractivity (Wildman–Crippen MR) is 51.2 cm³/mol. The van der Waals surface area contributed by atoms with Crippen molar-refractivity contribution in [2.24, 2.45) is 4.99 Å². The van der Waals surface area contributed by atoms with E-state index < -0.39 is 0 Å². The molecule has 0 atom stereocenters. The molecule has 0 unspecified atom stereocenters. The van der Waals surface area contributed by atoms with Gasteiger partial charge in [-0.1, -0.05) is 6.92 Å². The van der Waals surface area contributed by atoms with E-state index in [4.69, 9.17) is 0 Å². The van der Waals surface area contributed by atoms with Crippen LogP contribution < -0.4 is 0 Å². The maximum atomic E-state index is 4.21. The van der Waals surface area contributed by atoms with E-state index in [2.05, 4.69) is 37.6 Å². The minimum absolute atomic E-state index is 0.574. The summed E-state index contributed by atoms with van der Waals surface area (Å²) >= 11 is 0. The maximum absolute atomic E-state index is 4.21. The van der Waals surface area contributed by atoms with Crippen LogP contribution >= 0.6 is 0 Å². The number of rotatable bonds is 5. The van der Waals surface area contributed by atoms with Gasteiger partial charge >= 0.3 is 0 Å². The van der Waals surface area contributed by atoms with Crippen LogP contribution in [0.5, 0.6) is 0 Å². The topological polar surface area (TPSA) is 15.6 Å². The summed E-state index contributed by atoms with van der Waals surface area (Å²) in [6.45, 7) is 10.6. The minimum Gasteiger partial charge on any atom is -0.361 e. The maximum Gasteiger partial charge on any atom is 0.0851 e. The van der Waals surface area contributed by atoms with Crippen LogP contribution in [0.4, 0.5) is 0 Å². The third-order valence-corrected chi connectivity index (χ3v) is 1.56. The van der Waals surface area contributed by atoms with Crippen molar-refractivity contribution < 1.29 is 0 Å². The van der Waals surface area contributed by atoms with E-state index in [1.54, 1.807) is 0 Å². The fraction of sp³-hybridized carbons (Fsp3) is 0.889. The lowest BCUT2D eigenvalue weighted by atomic mass is 10.3. The lowest BCUT2D eigenvalue weighted by Gasteiger charge is -2.22. The Kier molecular flexibility index (Phi) is 5.90. The van der Waals surface area contributed by atoms with Crippen molar-refractivity contribution in [2.75, 3.05) is 13.1 Å². The summed E-state index contributed by atoms with van der Waals surface area (Å²) in [6, 6.07) is 0.574. The van der Waals surface area contributed by atoms with E-state index >= 15 is 0 Å². The van der Waals surface area contributed by atoms with Crippen LogP contribution in [0.15, 0.2) is 4.99 Å². The highest BCUT2D eigenvalue weighted by Gasteiger charge is 2.01. The van der Waals surface area contributed by atoms with Crippen LogP contribution in [-0.2, 0) is 0 Å². The minimum atomic E-state index is 0.574. The van der Waals surface area contributed by atoms with Crippen LogP contribution in [0.1, 0.15) is 34.1 Å². The van der Waals surface area contributed by atoms with Gasteiger partial charge in [-0.25, -0.2) is 0 Å². The number of hydrogen-bond acceptors (Lipinski definition) is 1. The highest BCUT2D eigenvalue weighted by molar-refractivity contribution is 5.55. The second kappa shape index (κ2) is 6.20. The van der Waals surface area contributed by atoms with Crippen LogP contribution in [-0.4, -0.2) is 30.4 Å². The zero-order valence-corrected chi connectivity index (χ0v) is 8.17. The van der Waals surface area contributed by atoms with Crippen molar-refractivity contribution in [3.63, 3.8) is 0 Å². The molecule has 0 aromatic rings. The third-order valence-electron chi connectivity index (χ3n) is 1.56. The Morgan fingerprint density at radius 2 is 2.00 bits per heavy atom. The molecule has 0 aromatic heterocycles. The van der Waals surface area contributed by atoms with Crippen LogP contribution in [0, 0.1) is 0 Å². The Hall–Kier alpha value is -0.530. The largest absolute Gasteiger partial charge is 0.361 e. The summed E-state index contributed by atoms with van der Waals surface area (Å²) in [6.07, 6.45) is 3.15. The summed E-state index contributed by atoms with van der Waals surface area (Å²) in [5.74, 6) is 0. The molecule has 0 N–H and O–H groups in total. The molecule has 0 spiro atoms. The zero-order valence-electron chi connectivity index (χ0n) is 8.17. The molecule has 66 valence electrons. The molecule has 0 aliphatic rings. The second-order valence-corrected chi connectivity index (χ2v) is 2.95. The van der Waals surface area contributed by atoms with Crippen molar-refractivity contribution in [1.82, 2.24) is 4.90 Å². The number of nitrogens with zero attached hydrogens (tertiary/aromatic N) is 2. The molecule has 2 nitrogen and oxygen atoms in total. The molecule has 0 aromatic carbocycles. The molecule has 0 aliphatic heterocycles. The SMILES string of the molecule is CCCN(C=NCC)C(C)C. The highest BCUT2D eigenvalue weighted by atomic mass is 15.2. The van der Waals surface area contributed by atoms with Crippen molar-refractivity contribution in [3.8, 4) is 0 Å². The smallest absolute Gasteiger partial charge is 0.0851 e. The van der Waals surface area contributed by atoms with E-state index in [-0.39, 0.29) is 0 Å². The van der Waals surface area contributed by atoms with Crippen LogP contribution in [0.3, 0.4) is 0 Å². The van der Waals surface area contributed by atoms with Gasteiger partial charge in [-0.15, -0.1) is 0 Å². The van der Waals surface area contributed by atoms with Gasteiger partial charge in [0, 0.05) is 19.1 Å². The Morgan fingerprint density at radius 1 is 1.36 bits per heavy atom. The monoisotopic (exact) mass is 156 g/mol. The molecule has 0 rings (SSSR count). The van der Waals surface area contributed by atoms with Gasteiger partial charge < -0.3 is 4.90 Å². The zero-order chi connectivity index (χ0) is 8.69. The van der Waals surface area contributed by atoms with Gasteiger partial charge in [-0.3, -0.25) is 4.99 Å². The molecule has 0 saturated heterocycles. The van der Waals surface area contributed by atoms with E-state index in [0.29, 0.717) is 6.04 Å². The summed E-state index contributed by atoms with van der Waals surface area (Å²) < 4.78 is 0. The summed E-state index contributed by atoms with van der Waals surface area (Å²) in [5.41, 5.74) is 0. The molecule has 2 heteroatoms. The standard InChI is InChI=1S/C9H20N2/c1-5-7-11(9(3)4)8-10-6-2/h8-9H,5-7H2,1-4H3. The predicted octanol–water partition coefficient (Wildman–Crippen LogP) is 2.16. The molecular weight excluding hydrogens is 136 g/mol. The fourth-order valence-electron chi connectivity index (χ4n) is 0.894. The quantitative estimate of drug-likeness (QED) is 0.440. The average molecular weight is 156 g/mol. The number of aliphatic imine (C=N–C) groups is 1. The van der Waals surface area contributed by atoms with Gasteiger partial charge in [-0.2, -0.15) is 0 Å². The van der Waals surface area contributed by atoms with Gasteiger partial charge in [0.15, 0.2) is 0 Å². The van der Waals surface area contributed by atoms with Gasteiger partial charge in [-0.05, 0) is 27.2 Å². The average Bonchev–Trinajstić information content (AvgIpc) is 1.97. The molecule has 0 bridgehead atoms. The fourth-order valence-corrected chi connectivity index (χ4v) is 0.894. The first-order valence-electron chi connectivity index (χ1n) is 4.48.